The zero-order valence-electron chi connectivity index (χ0n) is 13.1. The molecule has 0 atom stereocenters. The number of benzene rings is 2. The van der Waals surface area contributed by atoms with Crippen LogP contribution in [0.4, 0.5) is 11.4 Å². The van der Waals surface area contributed by atoms with Gasteiger partial charge in [-0.1, -0.05) is 42.5 Å². The summed E-state index contributed by atoms with van der Waals surface area (Å²) in [6.45, 7) is 0.939. The average Bonchev–Trinajstić information content (AvgIpc) is 2.59. The molecule has 2 N–H and O–H groups in total. The molecule has 0 fully saturated rings. The van der Waals surface area contributed by atoms with E-state index in [0.717, 1.165) is 17.9 Å². The van der Waals surface area contributed by atoms with Crippen LogP contribution in [-0.2, 0) is 11.3 Å². The van der Waals surface area contributed by atoms with E-state index in [9.17, 15) is 4.79 Å². The van der Waals surface area contributed by atoms with Gasteiger partial charge in [0.05, 0.1) is 24.0 Å². The Morgan fingerprint density at radius 3 is 2.57 bits per heavy atom. The topological polar surface area (TPSA) is 68.2 Å². The molecule has 118 valence electrons. The first kappa shape index (κ1) is 16.4. The molecule has 0 radical (unpaired) electrons. The molecule has 1 amide bonds. The summed E-state index contributed by atoms with van der Waals surface area (Å²) in [5, 5.41) is 14.1. The number of carbonyl (C=O) groups is 1. The lowest BCUT2D eigenvalue weighted by molar-refractivity contribution is -0.119. The molecule has 0 aliphatic heterocycles. The van der Waals surface area contributed by atoms with Gasteiger partial charge in [0.15, 0.2) is 0 Å². The molecule has 0 saturated carbocycles. The van der Waals surface area contributed by atoms with Gasteiger partial charge in [-0.3, -0.25) is 4.79 Å². The van der Waals surface area contributed by atoms with Gasteiger partial charge >= 0.3 is 0 Å². The maximum absolute atomic E-state index is 11.6. The van der Waals surface area contributed by atoms with E-state index in [-0.39, 0.29) is 19.0 Å². The van der Waals surface area contributed by atoms with Crippen molar-refractivity contribution < 1.29 is 4.79 Å². The smallest absolute Gasteiger partial charge is 0.240 e. The molecule has 0 saturated heterocycles. The Hall–Kier alpha value is -3.00. The number of nitrogens with one attached hydrogen (secondary N) is 2. The number of hydrogen-bond acceptors (Lipinski definition) is 4. The Balaban J connectivity index is 2.02. The van der Waals surface area contributed by atoms with Crippen LogP contribution < -0.4 is 15.5 Å². The number of hydrogen-bond donors (Lipinski definition) is 2. The lowest BCUT2D eigenvalue weighted by Gasteiger charge is -2.23. The second-order valence-electron chi connectivity index (χ2n) is 5.15. The summed E-state index contributed by atoms with van der Waals surface area (Å²) in [6.07, 6.45) is 0. The predicted octanol–water partition coefficient (Wildman–Crippen LogP) is 2.37. The molecule has 5 heteroatoms. The molecule has 2 aromatic rings. The van der Waals surface area contributed by atoms with Gasteiger partial charge in [0.1, 0.15) is 6.54 Å². The van der Waals surface area contributed by atoms with Crippen LogP contribution in [0.1, 0.15) is 5.56 Å². The van der Waals surface area contributed by atoms with Gasteiger partial charge in [-0.25, -0.2) is 0 Å². The summed E-state index contributed by atoms with van der Waals surface area (Å²) in [5.74, 6) is -0.202. The van der Waals surface area contributed by atoms with Crippen molar-refractivity contribution in [2.45, 2.75) is 6.54 Å². The molecule has 5 nitrogen and oxygen atoms in total. The number of rotatable bonds is 7. The monoisotopic (exact) mass is 308 g/mol. The molecule has 0 unspecified atom stereocenters. The molecule has 0 heterocycles. The summed E-state index contributed by atoms with van der Waals surface area (Å²) in [4.78, 5) is 13.7. The van der Waals surface area contributed by atoms with Crippen LogP contribution in [0.3, 0.4) is 0 Å². The van der Waals surface area contributed by atoms with Crippen molar-refractivity contribution in [2.75, 3.05) is 30.4 Å². The second kappa shape index (κ2) is 8.44. The molecule has 0 aliphatic rings. The van der Waals surface area contributed by atoms with Crippen molar-refractivity contribution in [1.82, 2.24) is 5.32 Å². The fraction of sp³-hybridized carbons (Fsp3) is 0.222. The van der Waals surface area contributed by atoms with Crippen molar-refractivity contribution in [3.05, 3.63) is 60.2 Å². The van der Waals surface area contributed by atoms with Crippen molar-refractivity contribution >= 4 is 17.3 Å². The van der Waals surface area contributed by atoms with Crippen LogP contribution in [0.15, 0.2) is 54.6 Å². The highest BCUT2D eigenvalue weighted by Crippen LogP contribution is 2.25. The minimum Gasteiger partial charge on any atom is -0.374 e. The highest BCUT2D eigenvalue weighted by molar-refractivity contribution is 5.82. The standard InChI is InChI=1S/C18H20N4O/c1-22(14-15-7-3-2-4-8-15)17-10-6-5-9-16(17)21-13-18(23)20-12-11-19/h2-10,21H,12-14H2,1H3,(H,20,23). The predicted molar refractivity (Wildman–Crippen MR) is 92.1 cm³/mol. The molecular formula is C18H20N4O. The zero-order chi connectivity index (χ0) is 16.5. The number of anilines is 2. The Bertz CT molecular complexity index is 679. The lowest BCUT2D eigenvalue weighted by atomic mass is 10.2. The molecule has 2 aromatic carbocycles. The van der Waals surface area contributed by atoms with Crippen molar-refractivity contribution in [3.63, 3.8) is 0 Å². The largest absolute Gasteiger partial charge is 0.374 e. The van der Waals surface area contributed by atoms with E-state index in [4.69, 9.17) is 5.26 Å². The van der Waals surface area contributed by atoms with E-state index in [1.165, 1.54) is 5.56 Å². The molecule has 0 aromatic heterocycles. The second-order valence-corrected chi connectivity index (χ2v) is 5.15. The SMILES string of the molecule is CN(Cc1ccccc1)c1ccccc1NCC(=O)NCC#N. The van der Waals surface area contributed by atoms with Crippen LogP contribution in [0, 0.1) is 11.3 Å². The number of amides is 1. The van der Waals surface area contributed by atoms with E-state index < -0.39 is 0 Å². The van der Waals surface area contributed by atoms with Crippen molar-refractivity contribution in [3.8, 4) is 6.07 Å². The highest BCUT2D eigenvalue weighted by Gasteiger charge is 2.08. The number of nitrogens with zero attached hydrogens (tertiary/aromatic N) is 2. The summed E-state index contributed by atoms with van der Waals surface area (Å²) in [6, 6.07) is 19.9. The van der Waals surface area contributed by atoms with Crippen LogP contribution in [0.25, 0.3) is 0 Å². The summed E-state index contributed by atoms with van der Waals surface area (Å²) in [5.41, 5.74) is 3.12. The minimum absolute atomic E-state index is 0.0239. The van der Waals surface area contributed by atoms with E-state index in [0.29, 0.717) is 0 Å². The van der Waals surface area contributed by atoms with Gasteiger partial charge in [-0.15, -0.1) is 0 Å². The molecule has 0 bridgehead atoms. The van der Waals surface area contributed by atoms with Crippen molar-refractivity contribution in [1.29, 1.82) is 5.26 Å². The average molecular weight is 308 g/mol. The fourth-order valence-corrected chi connectivity index (χ4v) is 2.27. The number of nitriles is 1. The molecule has 0 aliphatic carbocycles. The Labute approximate surface area is 136 Å². The molecule has 23 heavy (non-hydrogen) atoms. The van der Waals surface area contributed by atoms with E-state index in [1.807, 2.05) is 55.6 Å². The van der Waals surface area contributed by atoms with Gasteiger partial charge < -0.3 is 15.5 Å². The number of carbonyl (C=O) groups excluding carboxylic acids is 1. The Morgan fingerprint density at radius 2 is 1.83 bits per heavy atom. The first-order valence-corrected chi connectivity index (χ1v) is 7.42. The first-order chi connectivity index (χ1) is 11.2. The quantitative estimate of drug-likeness (QED) is 0.771. The van der Waals surface area contributed by atoms with E-state index in [1.54, 1.807) is 0 Å². The van der Waals surface area contributed by atoms with Gasteiger partial charge in [0, 0.05) is 13.6 Å². The van der Waals surface area contributed by atoms with Crippen molar-refractivity contribution in [2.24, 2.45) is 0 Å². The third-order valence-corrected chi connectivity index (χ3v) is 3.38. The van der Waals surface area contributed by atoms with E-state index in [2.05, 4.69) is 27.7 Å². The Kier molecular flexibility index (Phi) is 6.01. The van der Waals surface area contributed by atoms with Crippen LogP contribution >= 0.6 is 0 Å². The van der Waals surface area contributed by atoms with Crippen LogP contribution in [-0.4, -0.2) is 26.0 Å². The fourth-order valence-electron chi connectivity index (χ4n) is 2.27. The van der Waals surface area contributed by atoms with Gasteiger partial charge in [0.25, 0.3) is 0 Å². The third kappa shape index (κ3) is 5.04. The first-order valence-electron chi connectivity index (χ1n) is 7.42. The Morgan fingerprint density at radius 1 is 1.13 bits per heavy atom. The highest BCUT2D eigenvalue weighted by atomic mass is 16.1. The third-order valence-electron chi connectivity index (χ3n) is 3.38. The van der Waals surface area contributed by atoms with Gasteiger partial charge in [0.2, 0.25) is 5.91 Å². The summed E-state index contributed by atoms with van der Waals surface area (Å²) in [7, 11) is 2.02. The normalized spacial score (nSPS) is 9.74. The number of para-hydroxylation sites is 2. The van der Waals surface area contributed by atoms with Gasteiger partial charge in [-0.05, 0) is 17.7 Å². The lowest BCUT2D eigenvalue weighted by Crippen LogP contribution is -2.30. The van der Waals surface area contributed by atoms with E-state index >= 15 is 0 Å². The zero-order valence-corrected chi connectivity index (χ0v) is 13.1. The van der Waals surface area contributed by atoms with Gasteiger partial charge in [-0.2, -0.15) is 5.26 Å². The molecular weight excluding hydrogens is 288 g/mol. The molecule has 2 rings (SSSR count). The van der Waals surface area contributed by atoms with Crippen LogP contribution in [0.5, 0.6) is 0 Å². The minimum atomic E-state index is -0.202. The maximum atomic E-state index is 11.6. The molecule has 0 spiro atoms. The summed E-state index contributed by atoms with van der Waals surface area (Å²) >= 11 is 0. The van der Waals surface area contributed by atoms with Crippen LogP contribution in [0.2, 0.25) is 0 Å². The maximum Gasteiger partial charge on any atom is 0.240 e. The summed E-state index contributed by atoms with van der Waals surface area (Å²) < 4.78 is 0.